The van der Waals surface area contributed by atoms with E-state index in [-0.39, 0.29) is 5.91 Å². The van der Waals surface area contributed by atoms with E-state index in [4.69, 9.17) is 0 Å². The van der Waals surface area contributed by atoms with E-state index in [2.05, 4.69) is 23.4 Å². The number of nitrogens with zero attached hydrogens (tertiary/aromatic N) is 1. The van der Waals surface area contributed by atoms with Crippen LogP contribution in [0.5, 0.6) is 0 Å². The highest BCUT2D eigenvalue weighted by molar-refractivity contribution is 7.14. The van der Waals surface area contributed by atoms with E-state index in [1.807, 2.05) is 0 Å². The zero-order valence-corrected chi connectivity index (χ0v) is 12.4. The standard InChI is InChI=1S/C15H22N2OS/c1-11-5-6-13-12(9-11)10-14(19-13)15(18)16-17-7-3-2-4-8-17/h10-11H,2-9H2,1H3,(H,16,18)/t11-/m0/s1. The molecule has 1 aliphatic heterocycles. The maximum Gasteiger partial charge on any atom is 0.275 e. The van der Waals surface area contributed by atoms with Gasteiger partial charge in [-0.05, 0) is 49.7 Å². The second-order valence-electron chi connectivity index (χ2n) is 5.90. The molecule has 3 nitrogen and oxygen atoms in total. The van der Waals surface area contributed by atoms with Crippen molar-refractivity contribution in [1.29, 1.82) is 0 Å². The van der Waals surface area contributed by atoms with Gasteiger partial charge in [-0.15, -0.1) is 11.3 Å². The zero-order chi connectivity index (χ0) is 13.2. The Morgan fingerprint density at radius 2 is 2.16 bits per heavy atom. The molecule has 1 amide bonds. The van der Waals surface area contributed by atoms with E-state index in [9.17, 15) is 4.79 Å². The SMILES string of the molecule is C[C@H]1CCc2sc(C(=O)NN3CCCCC3)cc2C1. The van der Waals surface area contributed by atoms with Crippen LogP contribution in [-0.4, -0.2) is 24.0 Å². The third kappa shape index (κ3) is 3.00. The third-order valence-corrected chi connectivity index (χ3v) is 5.40. The minimum atomic E-state index is 0.0916. The van der Waals surface area contributed by atoms with Crippen LogP contribution in [0.25, 0.3) is 0 Å². The Labute approximate surface area is 119 Å². The lowest BCUT2D eigenvalue weighted by atomic mass is 9.90. The Kier molecular flexibility index (Phi) is 3.89. The van der Waals surface area contributed by atoms with Gasteiger partial charge in [0.05, 0.1) is 4.88 Å². The predicted octanol–water partition coefficient (Wildman–Crippen LogP) is 3.00. The highest BCUT2D eigenvalue weighted by atomic mass is 32.1. The molecule has 104 valence electrons. The number of rotatable bonds is 2. The maximum absolute atomic E-state index is 12.3. The van der Waals surface area contributed by atoms with Crippen LogP contribution in [0.3, 0.4) is 0 Å². The van der Waals surface area contributed by atoms with Gasteiger partial charge in [0.25, 0.3) is 5.91 Å². The first-order valence-electron chi connectivity index (χ1n) is 7.40. The molecular weight excluding hydrogens is 256 g/mol. The van der Waals surface area contributed by atoms with Gasteiger partial charge < -0.3 is 0 Å². The Balaban J connectivity index is 1.66. The van der Waals surface area contributed by atoms with Crippen molar-refractivity contribution in [2.45, 2.75) is 45.4 Å². The second kappa shape index (κ2) is 5.63. The van der Waals surface area contributed by atoms with Gasteiger partial charge in [-0.25, -0.2) is 5.01 Å². The molecule has 3 rings (SSSR count). The molecule has 2 heterocycles. The van der Waals surface area contributed by atoms with Crippen molar-refractivity contribution >= 4 is 17.2 Å². The van der Waals surface area contributed by atoms with Crippen LogP contribution in [0.15, 0.2) is 6.07 Å². The average Bonchev–Trinajstić information content (AvgIpc) is 2.83. The number of nitrogens with one attached hydrogen (secondary N) is 1. The fraction of sp³-hybridized carbons (Fsp3) is 0.667. The molecule has 1 aromatic heterocycles. The molecule has 1 aromatic rings. The first kappa shape index (κ1) is 13.1. The molecule has 0 radical (unpaired) electrons. The smallest absolute Gasteiger partial charge is 0.275 e. The van der Waals surface area contributed by atoms with Crippen LogP contribution >= 0.6 is 11.3 Å². The summed E-state index contributed by atoms with van der Waals surface area (Å²) in [4.78, 5) is 14.6. The van der Waals surface area contributed by atoms with Crippen molar-refractivity contribution < 1.29 is 4.79 Å². The van der Waals surface area contributed by atoms with Crippen molar-refractivity contribution in [3.63, 3.8) is 0 Å². The molecule has 1 aliphatic carbocycles. The second-order valence-corrected chi connectivity index (χ2v) is 7.03. The lowest BCUT2D eigenvalue weighted by molar-refractivity contribution is 0.0754. The predicted molar refractivity (Wildman–Crippen MR) is 78.4 cm³/mol. The lowest BCUT2D eigenvalue weighted by Gasteiger charge is -2.26. The zero-order valence-electron chi connectivity index (χ0n) is 11.6. The van der Waals surface area contributed by atoms with Crippen LogP contribution < -0.4 is 5.43 Å². The molecule has 1 saturated heterocycles. The van der Waals surface area contributed by atoms with Gasteiger partial charge in [0.1, 0.15) is 0 Å². The van der Waals surface area contributed by atoms with Crippen molar-refractivity contribution in [1.82, 2.24) is 10.4 Å². The molecule has 1 atom stereocenters. The molecule has 0 bridgehead atoms. The maximum atomic E-state index is 12.3. The number of aryl methyl sites for hydroxylation is 1. The highest BCUT2D eigenvalue weighted by Crippen LogP contribution is 2.32. The minimum Gasteiger partial charge on any atom is -0.284 e. The first-order valence-corrected chi connectivity index (χ1v) is 8.21. The first-order chi connectivity index (χ1) is 9.22. The van der Waals surface area contributed by atoms with Crippen LogP contribution in [0.2, 0.25) is 0 Å². The van der Waals surface area contributed by atoms with Crippen LogP contribution in [0, 0.1) is 5.92 Å². The largest absolute Gasteiger partial charge is 0.284 e. The third-order valence-electron chi connectivity index (χ3n) is 4.17. The highest BCUT2D eigenvalue weighted by Gasteiger charge is 2.21. The summed E-state index contributed by atoms with van der Waals surface area (Å²) < 4.78 is 0. The van der Waals surface area contributed by atoms with Gasteiger partial charge >= 0.3 is 0 Å². The van der Waals surface area contributed by atoms with Gasteiger partial charge in [0.2, 0.25) is 0 Å². The molecule has 0 saturated carbocycles. The molecule has 0 spiro atoms. The van der Waals surface area contributed by atoms with E-state index in [1.165, 1.54) is 36.1 Å². The number of hydrogen-bond donors (Lipinski definition) is 1. The van der Waals surface area contributed by atoms with Gasteiger partial charge in [-0.3, -0.25) is 10.2 Å². The fourth-order valence-electron chi connectivity index (χ4n) is 3.02. The van der Waals surface area contributed by atoms with Gasteiger partial charge in [0.15, 0.2) is 0 Å². The number of carbonyl (C=O) groups excluding carboxylic acids is 1. The number of hydrazine groups is 1. The number of thiophene rings is 1. The quantitative estimate of drug-likeness (QED) is 0.902. The van der Waals surface area contributed by atoms with Gasteiger partial charge in [-0.2, -0.15) is 0 Å². The van der Waals surface area contributed by atoms with E-state index in [0.29, 0.717) is 0 Å². The summed E-state index contributed by atoms with van der Waals surface area (Å²) in [6.45, 7) is 4.29. The van der Waals surface area contributed by atoms with Crippen LogP contribution in [-0.2, 0) is 12.8 Å². The molecule has 1 fully saturated rings. The molecule has 2 aliphatic rings. The summed E-state index contributed by atoms with van der Waals surface area (Å²) in [6.07, 6.45) is 7.23. The number of fused-ring (bicyclic) bond motifs is 1. The molecule has 4 heteroatoms. The lowest BCUT2D eigenvalue weighted by Crippen LogP contribution is -2.44. The molecule has 19 heavy (non-hydrogen) atoms. The number of amides is 1. The Morgan fingerprint density at radius 3 is 2.95 bits per heavy atom. The summed E-state index contributed by atoms with van der Waals surface area (Å²) >= 11 is 1.70. The van der Waals surface area contributed by atoms with Crippen molar-refractivity contribution in [2.75, 3.05) is 13.1 Å². The normalized spacial score (nSPS) is 23.9. The number of piperidine rings is 1. The van der Waals surface area contributed by atoms with Crippen LogP contribution in [0.4, 0.5) is 0 Å². The minimum absolute atomic E-state index is 0.0916. The number of hydrogen-bond acceptors (Lipinski definition) is 3. The summed E-state index contributed by atoms with van der Waals surface area (Å²) in [7, 11) is 0. The molecule has 0 aromatic carbocycles. The van der Waals surface area contributed by atoms with Crippen molar-refractivity contribution in [2.24, 2.45) is 5.92 Å². The van der Waals surface area contributed by atoms with E-state index in [1.54, 1.807) is 11.3 Å². The van der Waals surface area contributed by atoms with E-state index >= 15 is 0 Å². The Morgan fingerprint density at radius 1 is 1.37 bits per heavy atom. The molecule has 0 unspecified atom stereocenters. The topological polar surface area (TPSA) is 32.3 Å². The van der Waals surface area contributed by atoms with Gasteiger partial charge in [0, 0.05) is 18.0 Å². The summed E-state index contributed by atoms with van der Waals surface area (Å²) in [6, 6.07) is 2.12. The van der Waals surface area contributed by atoms with Gasteiger partial charge in [-0.1, -0.05) is 13.3 Å². The summed E-state index contributed by atoms with van der Waals surface area (Å²) in [5.74, 6) is 0.856. The van der Waals surface area contributed by atoms with Crippen molar-refractivity contribution in [3.8, 4) is 0 Å². The average molecular weight is 278 g/mol. The van der Waals surface area contributed by atoms with E-state index in [0.717, 1.165) is 36.7 Å². The Bertz CT molecular complexity index is 463. The summed E-state index contributed by atoms with van der Waals surface area (Å²) in [5, 5.41) is 2.08. The fourth-order valence-corrected chi connectivity index (χ4v) is 4.12. The number of carbonyl (C=O) groups is 1. The summed E-state index contributed by atoms with van der Waals surface area (Å²) in [5.41, 5.74) is 4.47. The van der Waals surface area contributed by atoms with E-state index < -0.39 is 0 Å². The molecule has 1 N–H and O–H groups in total. The Hall–Kier alpha value is -0.870. The monoisotopic (exact) mass is 278 g/mol. The molecular formula is C15H22N2OS. The van der Waals surface area contributed by atoms with Crippen LogP contribution in [0.1, 0.15) is 52.7 Å². The van der Waals surface area contributed by atoms with Crippen molar-refractivity contribution in [3.05, 3.63) is 21.4 Å².